The fourth-order valence-corrected chi connectivity index (χ4v) is 2.55. The Bertz CT molecular complexity index is 710. The van der Waals surface area contributed by atoms with Crippen LogP contribution in [-0.4, -0.2) is 0 Å². The third-order valence-corrected chi connectivity index (χ3v) is 3.69. The van der Waals surface area contributed by atoms with Gasteiger partial charge >= 0.3 is 0 Å². The number of para-hydroxylation sites is 1. The van der Waals surface area contributed by atoms with Gasteiger partial charge in [-0.2, -0.15) is 0 Å². The quantitative estimate of drug-likeness (QED) is 0.679. The lowest BCUT2D eigenvalue weighted by Crippen LogP contribution is -2.14. The molecule has 0 spiro atoms. The van der Waals surface area contributed by atoms with Gasteiger partial charge in [0.1, 0.15) is 5.82 Å². The van der Waals surface area contributed by atoms with Crippen LogP contribution in [0.3, 0.4) is 0 Å². The maximum atomic E-state index is 13.9. The first-order valence-corrected chi connectivity index (χ1v) is 7.43. The lowest BCUT2D eigenvalue weighted by Gasteiger charge is -2.21. The first-order chi connectivity index (χ1) is 10.8. The molecule has 1 unspecified atom stereocenters. The summed E-state index contributed by atoms with van der Waals surface area (Å²) in [6.45, 7) is 0. The molecule has 0 aliphatic heterocycles. The Morgan fingerprint density at radius 3 is 2.00 bits per heavy atom. The van der Waals surface area contributed by atoms with E-state index in [0.29, 0.717) is 5.69 Å². The van der Waals surface area contributed by atoms with E-state index in [0.717, 1.165) is 12.0 Å². The van der Waals surface area contributed by atoms with E-state index in [1.165, 1.54) is 11.6 Å². The monoisotopic (exact) mass is 291 g/mol. The van der Waals surface area contributed by atoms with Crippen molar-refractivity contribution in [3.8, 4) is 0 Å². The van der Waals surface area contributed by atoms with Gasteiger partial charge in [-0.15, -0.1) is 0 Å². The lowest BCUT2D eigenvalue weighted by atomic mass is 9.98. The summed E-state index contributed by atoms with van der Waals surface area (Å²) in [6, 6.07) is 27.2. The summed E-state index contributed by atoms with van der Waals surface area (Å²) in [6.07, 6.45) is 0.805. The average molecular weight is 291 g/mol. The van der Waals surface area contributed by atoms with Crippen LogP contribution in [0.2, 0.25) is 0 Å². The van der Waals surface area contributed by atoms with Crippen LogP contribution in [0.15, 0.2) is 84.9 Å². The zero-order valence-electron chi connectivity index (χ0n) is 12.2. The highest BCUT2D eigenvalue weighted by atomic mass is 19.1. The van der Waals surface area contributed by atoms with Gasteiger partial charge in [-0.3, -0.25) is 0 Å². The van der Waals surface area contributed by atoms with Crippen LogP contribution in [0.25, 0.3) is 0 Å². The predicted molar refractivity (Wildman–Crippen MR) is 89.4 cm³/mol. The van der Waals surface area contributed by atoms with E-state index in [2.05, 4.69) is 29.6 Å². The highest BCUT2D eigenvalue weighted by molar-refractivity contribution is 5.47. The Morgan fingerprint density at radius 2 is 1.32 bits per heavy atom. The minimum absolute atomic E-state index is 0.0282. The zero-order chi connectivity index (χ0) is 15.2. The number of hydrogen-bond donors (Lipinski definition) is 1. The van der Waals surface area contributed by atoms with Gasteiger partial charge in [0, 0.05) is 0 Å². The largest absolute Gasteiger partial charge is 0.376 e. The zero-order valence-corrected chi connectivity index (χ0v) is 12.2. The summed E-state index contributed by atoms with van der Waals surface area (Å²) in [4.78, 5) is 0. The van der Waals surface area contributed by atoms with E-state index < -0.39 is 0 Å². The molecule has 1 N–H and O–H groups in total. The Morgan fingerprint density at radius 1 is 0.727 bits per heavy atom. The average Bonchev–Trinajstić information content (AvgIpc) is 2.58. The molecule has 0 saturated carbocycles. The third kappa shape index (κ3) is 3.53. The maximum Gasteiger partial charge on any atom is 0.146 e. The van der Waals surface area contributed by atoms with Gasteiger partial charge in [-0.1, -0.05) is 72.8 Å². The van der Waals surface area contributed by atoms with Crippen LogP contribution >= 0.6 is 0 Å². The summed E-state index contributed by atoms with van der Waals surface area (Å²) in [5.41, 5.74) is 2.90. The summed E-state index contributed by atoms with van der Waals surface area (Å²) >= 11 is 0. The molecule has 3 aromatic rings. The second-order valence-electron chi connectivity index (χ2n) is 5.28. The summed E-state index contributed by atoms with van der Waals surface area (Å²) < 4.78 is 13.9. The lowest BCUT2D eigenvalue weighted by molar-refractivity contribution is 0.625. The molecule has 1 nitrogen and oxygen atoms in total. The molecule has 1 atom stereocenters. The smallest absolute Gasteiger partial charge is 0.146 e. The van der Waals surface area contributed by atoms with Crippen LogP contribution in [0, 0.1) is 5.82 Å². The maximum absolute atomic E-state index is 13.9. The molecule has 0 bridgehead atoms. The number of anilines is 1. The molecule has 110 valence electrons. The Balaban J connectivity index is 1.88. The third-order valence-electron chi connectivity index (χ3n) is 3.69. The van der Waals surface area contributed by atoms with Crippen LogP contribution in [-0.2, 0) is 6.42 Å². The van der Waals surface area contributed by atoms with E-state index in [9.17, 15) is 4.39 Å². The molecule has 2 heteroatoms. The number of nitrogens with one attached hydrogen (secondary N) is 1. The normalized spacial score (nSPS) is 11.9. The van der Waals surface area contributed by atoms with Crippen LogP contribution in [0.5, 0.6) is 0 Å². The molecule has 0 aliphatic carbocycles. The molecule has 3 rings (SSSR count). The SMILES string of the molecule is Fc1ccccc1NC(Cc1ccccc1)c1ccccc1. The van der Waals surface area contributed by atoms with Crippen molar-refractivity contribution >= 4 is 5.69 Å². The fraction of sp³-hybridized carbons (Fsp3) is 0.100. The molecule has 0 aliphatic rings. The van der Waals surface area contributed by atoms with Crippen molar-refractivity contribution in [1.29, 1.82) is 0 Å². The van der Waals surface area contributed by atoms with E-state index in [4.69, 9.17) is 0 Å². The second-order valence-corrected chi connectivity index (χ2v) is 5.28. The number of hydrogen-bond acceptors (Lipinski definition) is 1. The van der Waals surface area contributed by atoms with Gasteiger partial charge < -0.3 is 5.32 Å². The van der Waals surface area contributed by atoms with E-state index in [1.807, 2.05) is 42.5 Å². The van der Waals surface area contributed by atoms with Crippen LogP contribution in [0.1, 0.15) is 17.2 Å². The van der Waals surface area contributed by atoms with Crippen molar-refractivity contribution in [2.24, 2.45) is 0 Å². The summed E-state index contributed by atoms with van der Waals surface area (Å²) in [5.74, 6) is -0.225. The van der Waals surface area contributed by atoms with E-state index in [-0.39, 0.29) is 11.9 Å². The molecule has 0 heterocycles. The van der Waals surface area contributed by atoms with Gasteiger partial charge in [0.2, 0.25) is 0 Å². The van der Waals surface area contributed by atoms with Gasteiger partial charge in [-0.05, 0) is 29.7 Å². The Labute approximate surface area is 130 Å². The first-order valence-electron chi connectivity index (χ1n) is 7.43. The molecular formula is C20H18FN. The van der Waals surface area contributed by atoms with E-state index >= 15 is 0 Å². The van der Waals surface area contributed by atoms with Crippen molar-refractivity contribution in [1.82, 2.24) is 0 Å². The van der Waals surface area contributed by atoms with Crippen molar-refractivity contribution in [3.05, 3.63) is 102 Å². The Hall–Kier alpha value is -2.61. The van der Waals surface area contributed by atoms with Crippen LogP contribution < -0.4 is 5.32 Å². The fourth-order valence-electron chi connectivity index (χ4n) is 2.55. The number of halogens is 1. The van der Waals surface area contributed by atoms with Crippen molar-refractivity contribution in [3.63, 3.8) is 0 Å². The molecule has 0 aromatic heterocycles. The summed E-state index contributed by atoms with van der Waals surface area (Å²) in [5, 5.41) is 3.34. The van der Waals surface area contributed by atoms with Crippen molar-refractivity contribution < 1.29 is 4.39 Å². The van der Waals surface area contributed by atoms with Gasteiger partial charge in [0.15, 0.2) is 0 Å². The first kappa shape index (κ1) is 14.3. The minimum Gasteiger partial charge on any atom is -0.376 e. The van der Waals surface area contributed by atoms with Crippen molar-refractivity contribution in [2.75, 3.05) is 5.32 Å². The predicted octanol–water partition coefficient (Wildman–Crippen LogP) is 5.22. The molecule has 0 saturated heterocycles. The van der Waals surface area contributed by atoms with E-state index in [1.54, 1.807) is 12.1 Å². The highest BCUT2D eigenvalue weighted by Gasteiger charge is 2.13. The molecule has 0 amide bonds. The topological polar surface area (TPSA) is 12.0 Å². The van der Waals surface area contributed by atoms with Gasteiger partial charge in [0.05, 0.1) is 11.7 Å². The summed E-state index contributed by atoms with van der Waals surface area (Å²) in [7, 11) is 0. The van der Waals surface area contributed by atoms with Gasteiger partial charge in [-0.25, -0.2) is 4.39 Å². The molecule has 0 radical (unpaired) electrons. The molecular weight excluding hydrogens is 273 g/mol. The second kappa shape index (κ2) is 6.90. The van der Waals surface area contributed by atoms with Gasteiger partial charge in [0.25, 0.3) is 0 Å². The standard InChI is InChI=1S/C20H18FN/c21-18-13-7-8-14-19(18)22-20(17-11-5-2-6-12-17)15-16-9-3-1-4-10-16/h1-14,20,22H,15H2. The molecule has 3 aromatic carbocycles. The number of rotatable bonds is 5. The highest BCUT2D eigenvalue weighted by Crippen LogP contribution is 2.25. The van der Waals surface area contributed by atoms with Crippen molar-refractivity contribution in [2.45, 2.75) is 12.5 Å². The molecule has 0 fully saturated rings. The minimum atomic E-state index is -0.225. The van der Waals surface area contributed by atoms with Crippen LogP contribution in [0.4, 0.5) is 10.1 Å². The Kier molecular flexibility index (Phi) is 4.50. The molecule has 22 heavy (non-hydrogen) atoms. The number of benzene rings is 3.